The summed E-state index contributed by atoms with van der Waals surface area (Å²) in [6, 6.07) is 15.6. The molecule has 0 fully saturated rings. The second-order valence-corrected chi connectivity index (χ2v) is 5.72. The maximum Gasteiger partial charge on any atom is 0.246 e. The van der Waals surface area contributed by atoms with Crippen molar-refractivity contribution in [1.82, 2.24) is 4.90 Å². The smallest absolute Gasteiger partial charge is 0.246 e. The molecule has 25 heavy (non-hydrogen) atoms. The molecule has 0 saturated heterocycles. The molecule has 0 spiro atoms. The Kier molecular flexibility index (Phi) is 7.08. The Morgan fingerprint density at radius 3 is 2.24 bits per heavy atom. The Bertz CT molecular complexity index is 688. The van der Waals surface area contributed by atoms with Crippen LogP contribution >= 0.6 is 0 Å². The Morgan fingerprint density at radius 1 is 1.04 bits per heavy atom. The lowest BCUT2D eigenvalue weighted by molar-refractivity contribution is -0.126. The number of ether oxygens (including phenoxy) is 2. The van der Waals surface area contributed by atoms with E-state index in [4.69, 9.17) is 9.47 Å². The topological polar surface area (TPSA) is 38.8 Å². The highest BCUT2D eigenvalue weighted by Crippen LogP contribution is 2.23. The zero-order valence-electron chi connectivity index (χ0n) is 15.1. The van der Waals surface area contributed by atoms with Crippen molar-refractivity contribution >= 4 is 12.0 Å². The van der Waals surface area contributed by atoms with Crippen molar-refractivity contribution in [3.63, 3.8) is 0 Å². The lowest BCUT2D eigenvalue weighted by Crippen LogP contribution is -2.29. The van der Waals surface area contributed by atoms with E-state index in [-0.39, 0.29) is 5.91 Å². The fourth-order valence-corrected chi connectivity index (χ4v) is 2.54. The van der Waals surface area contributed by atoms with E-state index in [9.17, 15) is 4.79 Å². The Morgan fingerprint density at radius 2 is 1.68 bits per heavy atom. The van der Waals surface area contributed by atoms with E-state index >= 15 is 0 Å². The van der Waals surface area contributed by atoms with Gasteiger partial charge in [0.15, 0.2) is 0 Å². The molecule has 0 aliphatic heterocycles. The predicted octanol–water partition coefficient (Wildman–Crippen LogP) is 4.16. The highest BCUT2D eigenvalue weighted by Gasteiger charge is 2.10. The molecule has 2 aromatic rings. The lowest BCUT2D eigenvalue weighted by atomic mass is 10.1. The van der Waals surface area contributed by atoms with Gasteiger partial charge in [-0.15, -0.1) is 0 Å². The molecule has 0 aromatic heterocycles. The first-order valence-corrected chi connectivity index (χ1v) is 8.40. The zero-order valence-corrected chi connectivity index (χ0v) is 15.1. The molecule has 0 bridgehead atoms. The van der Waals surface area contributed by atoms with Crippen molar-refractivity contribution in [3.05, 3.63) is 65.7 Å². The first-order valence-electron chi connectivity index (χ1n) is 8.40. The summed E-state index contributed by atoms with van der Waals surface area (Å²) in [7, 11) is 3.21. The van der Waals surface area contributed by atoms with E-state index < -0.39 is 0 Å². The van der Waals surface area contributed by atoms with Gasteiger partial charge >= 0.3 is 0 Å². The van der Waals surface area contributed by atoms with E-state index in [1.54, 1.807) is 32.4 Å². The molecular formula is C21H25NO3. The fraction of sp³-hybridized carbons (Fsp3) is 0.286. The molecule has 4 nitrogen and oxygen atoms in total. The van der Waals surface area contributed by atoms with Crippen LogP contribution in [-0.4, -0.2) is 31.6 Å². The highest BCUT2D eigenvalue weighted by atomic mass is 16.5. The number of carbonyl (C=O) groups is 1. The van der Waals surface area contributed by atoms with Gasteiger partial charge in [0, 0.05) is 25.2 Å². The minimum atomic E-state index is -0.00695. The molecule has 132 valence electrons. The van der Waals surface area contributed by atoms with Gasteiger partial charge in [-0.1, -0.05) is 37.3 Å². The zero-order chi connectivity index (χ0) is 18.1. The molecule has 2 aromatic carbocycles. The highest BCUT2D eigenvalue weighted by molar-refractivity contribution is 5.91. The summed E-state index contributed by atoms with van der Waals surface area (Å²) in [5.74, 6) is 1.38. The summed E-state index contributed by atoms with van der Waals surface area (Å²) < 4.78 is 10.5. The van der Waals surface area contributed by atoms with Crippen LogP contribution in [0.3, 0.4) is 0 Å². The fourth-order valence-electron chi connectivity index (χ4n) is 2.54. The standard InChI is InChI=1S/C21H25NO3/c1-4-12-22(16-17-8-6-5-7-9-17)21(23)11-10-18-13-19(24-2)15-20(14-18)25-3/h5-11,13-15H,4,12,16H2,1-3H3/b11-10+. The first-order chi connectivity index (χ1) is 12.2. The molecule has 0 atom stereocenters. The van der Waals surface area contributed by atoms with Gasteiger partial charge in [0.05, 0.1) is 14.2 Å². The summed E-state index contributed by atoms with van der Waals surface area (Å²) in [5.41, 5.74) is 1.99. The third-order valence-electron chi connectivity index (χ3n) is 3.81. The van der Waals surface area contributed by atoms with E-state index in [0.717, 1.165) is 24.1 Å². The Hall–Kier alpha value is -2.75. The molecule has 0 aliphatic rings. The van der Waals surface area contributed by atoms with Gasteiger partial charge in [-0.25, -0.2) is 0 Å². The summed E-state index contributed by atoms with van der Waals surface area (Å²) in [6.07, 6.45) is 4.31. The summed E-state index contributed by atoms with van der Waals surface area (Å²) in [6.45, 7) is 3.40. The van der Waals surface area contributed by atoms with Gasteiger partial charge < -0.3 is 14.4 Å². The second-order valence-electron chi connectivity index (χ2n) is 5.72. The largest absolute Gasteiger partial charge is 0.497 e. The van der Waals surface area contributed by atoms with Crippen LogP contribution in [0.15, 0.2) is 54.6 Å². The SMILES string of the molecule is CCCN(Cc1ccccc1)C(=O)/C=C/c1cc(OC)cc(OC)c1. The number of nitrogens with zero attached hydrogens (tertiary/aromatic N) is 1. The number of benzene rings is 2. The maximum absolute atomic E-state index is 12.6. The summed E-state index contributed by atoms with van der Waals surface area (Å²) >= 11 is 0. The minimum Gasteiger partial charge on any atom is -0.497 e. The number of carbonyl (C=O) groups excluding carboxylic acids is 1. The van der Waals surface area contributed by atoms with Gasteiger partial charge in [-0.05, 0) is 35.8 Å². The predicted molar refractivity (Wildman–Crippen MR) is 101 cm³/mol. The molecule has 4 heteroatoms. The van der Waals surface area contributed by atoms with Crippen LogP contribution in [0.4, 0.5) is 0 Å². The van der Waals surface area contributed by atoms with Crippen LogP contribution < -0.4 is 9.47 Å². The lowest BCUT2D eigenvalue weighted by Gasteiger charge is -2.20. The molecule has 2 rings (SSSR count). The number of amides is 1. The molecule has 0 radical (unpaired) electrons. The van der Waals surface area contributed by atoms with Gasteiger partial charge in [0.1, 0.15) is 11.5 Å². The van der Waals surface area contributed by atoms with Crippen molar-refractivity contribution in [3.8, 4) is 11.5 Å². The van der Waals surface area contributed by atoms with Crippen LogP contribution in [0.1, 0.15) is 24.5 Å². The van der Waals surface area contributed by atoms with Crippen LogP contribution in [-0.2, 0) is 11.3 Å². The average molecular weight is 339 g/mol. The molecule has 0 N–H and O–H groups in total. The van der Waals surface area contributed by atoms with E-state index in [1.165, 1.54) is 0 Å². The van der Waals surface area contributed by atoms with Crippen molar-refractivity contribution in [2.45, 2.75) is 19.9 Å². The van der Waals surface area contributed by atoms with Gasteiger partial charge in [0.2, 0.25) is 5.91 Å². The third kappa shape index (κ3) is 5.68. The number of hydrogen-bond acceptors (Lipinski definition) is 3. The van der Waals surface area contributed by atoms with Crippen molar-refractivity contribution < 1.29 is 14.3 Å². The Labute approximate surface area is 149 Å². The van der Waals surface area contributed by atoms with Gasteiger partial charge in [-0.3, -0.25) is 4.79 Å². The molecule has 1 amide bonds. The summed E-state index contributed by atoms with van der Waals surface area (Å²) in [5, 5.41) is 0. The molecule has 0 saturated carbocycles. The molecule has 0 heterocycles. The number of rotatable bonds is 8. The van der Waals surface area contributed by atoms with Crippen LogP contribution in [0.25, 0.3) is 6.08 Å². The normalized spacial score (nSPS) is 10.7. The quantitative estimate of drug-likeness (QED) is 0.678. The van der Waals surface area contributed by atoms with E-state index in [0.29, 0.717) is 18.0 Å². The van der Waals surface area contributed by atoms with Gasteiger partial charge in [0.25, 0.3) is 0 Å². The van der Waals surface area contributed by atoms with E-state index in [1.807, 2.05) is 47.4 Å². The van der Waals surface area contributed by atoms with E-state index in [2.05, 4.69) is 6.92 Å². The molecular weight excluding hydrogens is 314 g/mol. The molecule has 0 unspecified atom stereocenters. The maximum atomic E-state index is 12.6. The average Bonchev–Trinajstić information content (AvgIpc) is 2.66. The third-order valence-corrected chi connectivity index (χ3v) is 3.81. The van der Waals surface area contributed by atoms with Crippen LogP contribution in [0.2, 0.25) is 0 Å². The van der Waals surface area contributed by atoms with Crippen molar-refractivity contribution in [2.75, 3.05) is 20.8 Å². The van der Waals surface area contributed by atoms with Gasteiger partial charge in [-0.2, -0.15) is 0 Å². The number of methoxy groups -OCH3 is 2. The number of hydrogen-bond donors (Lipinski definition) is 0. The molecule has 0 aliphatic carbocycles. The first kappa shape index (κ1) is 18.6. The monoisotopic (exact) mass is 339 g/mol. The second kappa shape index (κ2) is 9.52. The van der Waals surface area contributed by atoms with Crippen molar-refractivity contribution in [1.29, 1.82) is 0 Å². The van der Waals surface area contributed by atoms with Crippen molar-refractivity contribution in [2.24, 2.45) is 0 Å². The van der Waals surface area contributed by atoms with Crippen LogP contribution in [0, 0.1) is 0 Å². The Balaban J connectivity index is 2.13. The summed E-state index contributed by atoms with van der Waals surface area (Å²) in [4.78, 5) is 14.4. The van der Waals surface area contributed by atoms with Crippen LogP contribution in [0.5, 0.6) is 11.5 Å². The minimum absolute atomic E-state index is 0.00695.